The number of rotatable bonds is 23. The highest BCUT2D eigenvalue weighted by Crippen LogP contribution is 2.68. The van der Waals surface area contributed by atoms with E-state index in [4.69, 9.17) is 10.5 Å². The molecule has 30 heteroatoms. The number of thioether (sulfide) groups is 1. The zero-order chi connectivity index (χ0) is 55.1. The molecule has 7 N–H and O–H groups in total. The van der Waals surface area contributed by atoms with Gasteiger partial charge in [-0.3, -0.25) is 32.9 Å². The summed E-state index contributed by atoms with van der Waals surface area (Å²) >= 11 is 1.13. The molecular weight excluding hydrogens is 1070 g/mol. The molecule has 0 aromatic carbocycles. The van der Waals surface area contributed by atoms with Crippen LogP contribution in [-0.2, 0) is 55.5 Å². The van der Waals surface area contributed by atoms with Crippen LogP contribution < -0.4 is 35.9 Å². The second-order valence-electron chi connectivity index (χ2n) is 22.0. The summed E-state index contributed by atoms with van der Waals surface area (Å²) in [5, 5.41) is 38.2. The minimum Gasteiger partial charge on any atom is -0.790 e. The van der Waals surface area contributed by atoms with Crippen molar-refractivity contribution in [3.63, 3.8) is 0 Å². The Kier molecular flexibility index (Phi) is 18.7. The largest absolute Gasteiger partial charge is 0.790 e. The van der Waals surface area contributed by atoms with Gasteiger partial charge in [-0.05, 0) is 91.3 Å². The molecule has 5 fully saturated rings. The number of aromatic nitrogens is 4. The molecule has 0 spiro atoms. The van der Waals surface area contributed by atoms with E-state index in [1.54, 1.807) is 0 Å². The highest BCUT2D eigenvalue weighted by Gasteiger charge is 2.63. The van der Waals surface area contributed by atoms with Gasteiger partial charge in [0.2, 0.25) is 11.8 Å². The molecule has 16 atom stereocenters. The van der Waals surface area contributed by atoms with Gasteiger partial charge in [0.25, 0.3) is 15.6 Å². The van der Waals surface area contributed by atoms with Crippen LogP contribution in [0.15, 0.2) is 12.7 Å². The molecule has 2 aromatic rings. The Morgan fingerprint density at radius 2 is 1.69 bits per heavy atom. The highest BCUT2D eigenvalue weighted by atomic mass is 32.2. The predicted octanol–water partition coefficient (Wildman–Crippen LogP) is 0.752. The average molecular weight is 1140 g/mol. The van der Waals surface area contributed by atoms with Crippen molar-refractivity contribution in [3.05, 3.63) is 12.7 Å². The molecular formula is C45H68N7O19P3S-4. The van der Waals surface area contributed by atoms with E-state index in [-0.39, 0.29) is 70.4 Å². The van der Waals surface area contributed by atoms with Crippen molar-refractivity contribution in [2.45, 2.75) is 142 Å². The molecule has 2 amide bonds. The highest BCUT2D eigenvalue weighted by molar-refractivity contribution is 8.13. The Balaban J connectivity index is 0.778. The Labute approximate surface area is 438 Å². The fourth-order valence-electron chi connectivity index (χ4n) is 12.9. The number of carbonyl (C=O) groups excluding carboxylic acids is 4. The molecule has 5 aliphatic rings. The molecule has 75 heavy (non-hydrogen) atoms. The number of imidazole rings is 1. The molecule has 3 heterocycles. The fraction of sp³-hybridized carbons (Fsp3) is 0.800. The predicted molar refractivity (Wildman–Crippen MR) is 258 cm³/mol. The molecule has 26 nitrogen and oxygen atoms in total. The molecule has 2 aromatic heterocycles. The van der Waals surface area contributed by atoms with Crippen LogP contribution in [0.1, 0.15) is 111 Å². The lowest BCUT2D eigenvalue weighted by atomic mass is 9.44. The maximum Gasteiger partial charge on any atom is 0.274 e. The van der Waals surface area contributed by atoms with Gasteiger partial charge in [-0.2, -0.15) is 0 Å². The summed E-state index contributed by atoms with van der Waals surface area (Å²) in [4.78, 5) is 111. The van der Waals surface area contributed by atoms with Crippen LogP contribution in [0.3, 0.4) is 0 Å². The lowest BCUT2D eigenvalue weighted by molar-refractivity contribution is -0.347. The van der Waals surface area contributed by atoms with Crippen LogP contribution in [0, 0.1) is 51.8 Å². The first-order valence-electron chi connectivity index (χ1n) is 25.1. The molecule has 0 bridgehead atoms. The van der Waals surface area contributed by atoms with Crippen LogP contribution in [0.5, 0.6) is 0 Å². The number of aliphatic hydroxyl groups is 3. The third kappa shape index (κ3) is 13.8. The number of hydrogen-bond donors (Lipinski definition) is 6. The Hall–Kier alpha value is -2.81. The zero-order valence-electron chi connectivity index (χ0n) is 42.4. The van der Waals surface area contributed by atoms with Gasteiger partial charge in [-0.1, -0.05) is 46.4 Å². The fourth-order valence-corrected chi connectivity index (χ4v) is 16.3. The number of aliphatic hydroxyl groups excluding tert-OH is 3. The number of anilines is 1. The monoisotopic (exact) mass is 1140 g/mol. The zero-order valence-corrected chi connectivity index (χ0v) is 45.9. The molecule has 1 saturated heterocycles. The van der Waals surface area contributed by atoms with Crippen LogP contribution in [-0.4, -0.2) is 120 Å². The number of amides is 2. The summed E-state index contributed by atoms with van der Waals surface area (Å²) in [6.07, 6.45) is 0.271. The number of Topliss-reactive ketones (excluding diaryl/α,β-unsaturated/α-hetero) is 1. The van der Waals surface area contributed by atoms with Crippen LogP contribution in [0.4, 0.5) is 5.82 Å². The number of nitrogens with one attached hydrogen (secondary N) is 2. The topological polar surface area (TPSA) is 412 Å². The maximum atomic E-state index is 12.9. The quantitative estimate of drug-likeness (QED) is 0.0660. The van der Waals surface area contributed by atoms with Gasteiger partial charge in [0.05, 0.1) is 33.5 Å². The maximum absolute atomic E-state index is 12.9. The summed E-state index contributed by atoms with van der Waals surface area (Å²) in [6.45, 7) is 7.08. The van der Waals surface area contributed by atoms with Gasteiger partial charge < -0.3 is 74.1 Å². The standard InChI is InChI=1S/C45H72N7O19P3S/c1-24(27-7-8-28-34-29(11-14-45(27,28)5)44(4)13-10-26(53)18-25(44)19-30(34)54)6-9-33(56)75-17-16-47-32(55)12-15-48-41(59)38(58)43(2,3)21-68-74(65,66)71-73(63,64)67-20-31-37(70-72(60,61)62)36(57)42(69-31)52-23-51-35-39(46)49-22-50-40(35)52/h22-25,27-31,34,36-38,42,54,57-58H,6-21H2,1-5H3,(H,47,55)(H,48,59)(H,63,64)(H,65,66)(H2,46,49,50)(H2,60,61,62)/p-4/t24-,25+,27-,28+,29+,30+,31-,34+,36-,37-,38+,42-,44+,45-/m1/s1. The Bertz CT molecular complexity index is 2580. The second-order valence-corrected chi connectivity index (χ2v) is 27.2. The first kappa shape index (κ1) is 59.8. The van der Waals surface area contributed by atoms with E-state index in [0.29, 0.717) is 60.9 Å². The lowest BCUT2D eigenvalue weighted by Crippen LogP contribution is -2.58. The molecule has 4 saturated carbocycles. The number of phosphoric acid groups is 3. The van der Waals surface area contributed by atoms with Crippen LogP contribution in [0.25, 0.3) is 11.2 Å². The summed E-state index contributed by atoms with van der Waals surface area (Å²) in [7, 11) is -17.7. The van der Waals surface area contributed by atoms with E-state index in [9.17, 15) is 67.8 Å². The van der Waals surface area contributed by atoms with Gasteiger partial charge in [-0.15, -0.1) is 0 Å². The lowest BCUT2D eigenvalue weighted by Gasteiger charge is -2.62. The van der Waals surface area contributed by atoms with Crippen molar-refractivity contribution in [2.24, 2.45) is 51.8 Å². The number of nitrogens with two attached hydrogens (primary N) is 1. The molecule has 4 aliphatic carbocycles. The van der Waals surface area contributed by atoms with E-state index < -0.39 is 84.6 Å². The number of nitrogens with zero attached hydrogens (tertiary/aromatic N) is 4. The second kappa shape index (κ2) is 23.5. The molecule has 422 valence electrons. The number of hydrogen-bond acceptors (Lipinski definition) is 24. The number of ketones is 1. The normalized spacial score (nSPS) is 33.4. The number of phosphoric ester groups is 3. The molecule has 1 aliphatic heterocycles. The van der Waals surface area contributed by atoms with Crippen molar-refractivity contribution in [1.82, 2.24) is 30.2 Å². The van der Waals surface area contributed by atoms with Crippen molar-refractivity contribution >= 4 is 74.9 Å². The minimum absolute atomic E-state index is 0.0219. The number of ether oxygens (including phenoxy) is 1. The van der Waals surface area contributed by atoms with Crippen molar-refractivity contribution in [2.75, 3.05) is 37.8 Å². The van der Waals surface area contributed by atoms with Gasteiger partial charge in [0, 0.05) is 49.9 Å². The van der Waals surface area contributed by atoms with Gasteiger partial charge in [0.1, 0.15) is 42.0 Å². The summed E-state index contributed by atoms with van der Waals surface area (Å²) in [5.74, 6) is 1.23. The summed E-state index contributed by atoms with van der Waals surface area (Å²) in [6, 6.07) is 0. The van der Waals surface area contributed by atoms with Gasteiger partial charge in [-0.25, -0.2) is 19.3 Å². The number of nitrogen functional groups attached to an aromatic ring is 1. The summed E-state index contributed by atoms with van der Waals surface area (Å²) in [5.41, 5.74) is 4.26. The van der Waals surface area contributed by atoms with Crippen molar-refractivity contribution in [1.29, 1.82) is 0 Å². The van der Waals surface area contributed by atoms with E-state index in [2.05, 4.69) is 64.2 Å². The van der Waals surface area contributed by atoms with Gasteiger partial charge >= 0.3 is 0 Å². The molecule has 7 rings (SSSR count). The summed E-state index contributed by atoms with van der Waals surface area (Å²) < 4.78 is 61.1. The van der Waals surface area contributed by atoms with E-state index in [0.717, 1.165) is 67.5 Å². The van der Waals surface area contributed by atoms with E-state index >= 15 is 0 Å². The first-order valence-corrected chi connectivity index (χ1v) is 30.5. The van der Waals surface area contributed by atoms with Crippen LogP contribution >= 0.6 is 35.2 Å². The number of carbonyl (C=O) groups is 4. The number of fused-ring (bicyclic) bond motifs is 6. The smallest absolute Gasteiger partial charge is 0.274 e. The van der Waals surface area contributed by atoms with Crippen LogP contribution in [0.2, 0.25) is 0 Å². The van der Waals surface area contributed by atoms with E-state index in [1.807, 2.05) is 0 Å². The molecule has 0 radical (unpaired) electrons. The Morgan fingerprint density at radius 1 is 0.987 bits per heavy atom. The van der Waals surface area contributed by atoms with E-state index in [1.165, 1.54) is 13.8 Å². The van der Waals surface area contributed by atoms with Crippen molar-refractivity contribution < 1.29 is 90.4 Å². The molecule has 2 unspecified atom stereocenters. The first-order chi connectivity index (χ1) is 34.9. The SMILES string of the molecule is C[C@H](CCC(=O)SCCNC(=O)CCNC(=O)[C@H](O)C(C)(C)COP(=O)([O-])OP(=O)([O-])OC[C@H]1O[C@@H](n2cnc3c(N)ncnc32)[C@H](O)[C@@H]1OP(=O)([O-])[O-])[C@H]1CC[C@H]2[C@@H]3[C@@H](O)C[C@@H]4CC(=O)CC[C@]4(C)[C@H]3CC[C@]12C. The minimum atomic E-state index is -5.94. The average Bonchev–Trinajstić information content (AvgIpc) is 4.01. The Morgan fingerprint density at radius 3 is 2.41 bits per heavy atom. The third-order valence-electron chi connectivity index (χ3n) is 16.8. The van der Waals surface area contributed by atoms with Crippen molar-refractivity contribution in [3.8, 4) is 0 Å². The third-order valence-corrected chi connectivity index (χ3v) is 20.8. The van der Waals surface area contributed by atoms with Gasteiger partial charge in [0.15, 0.2) is 22.8 Å².